The van der Waals surface area contributed by atoms with E-state index in [0.29, 0.717) is 0 Å². The molecule has 13 heavy (non-hydrogen) atoms. The Balaban J connectivity index is -0.0000000383. The van der Waals surface area contributed by atoms with Gasteiger partial charge in [0.15, 0.2) is 0 Å². The van der Waals surface area contributed by atoms with Gasteiger partial charge in [0.25, 0.3) is 5.97 Å². The number of carbonyl (C=O) groups is 1. The third-order valence-electron chi connectivity index (χ3n) is 0.756. The van der Waals surface area contributed by atoms with Gasteiger partial charge in [-0.05, 0) is 12.1 Å². The number of aliphatic carboxylic acids is 1. The second-order valence-corrected chi connectivity index (χ2v) is 2.37. The minimum absolute atomic E-state index is 0. The van der Waals surface area contributed by atoms with Crippen LogP contribution in [0.2, 0.25) is 0 Å². The molecule has 72 valence electrons. The largest absolute Gasteiger partial charge is 2.00 e. The number of hydrogen-bond donors (Lipinski definition) is 2. The summed E-state index contributed by atoms with van der Waals surface area (Å²) in [5, 5.41) is 7.42. The SMILES string of the molecule is CC(=O)O.O.Sc1ccccc1.[Ca+2].[H-].[H-]. The van der Waals surface area contributed by atoms with Crippen LogP contribution in [0.4, 0.5) is 0 Å². The molecule has 1 aromatic rings. The fourth-order valence-corrected chi connectivity index (χ4v) is 0.600. The normalized spacial score (nSPS) is 6.62. The van der Waals surface area contributed by atoms with Gasteiger partial charge in [0, 0.05) is 11.8 Å². The van der Waals surface area contributed by atoms with E-state index in [9.17, 15) is 0 Å². The van der Waals surface area contributed by atoms with Crippen molar-refractivity contribution in [3.8, 4) is 0 Å². The summed E-state index contributed by atoms with van der Waals surface area (Å²) in [6.45, 7) is 1.08. The van der Waals surface area contributed by atoms with Crippen LogP contribution in [0.3, 0.4) is 0 Å². The molecule has 0 fully saturated rings. The molecule has 3 nitrogen and oxygen atoms in total. The van der Waals surface area contributed by atoms with E-state index >= 15 is 0 Å². The molecule has 0 saturated heterocycles. The van der Waals surface area contributed by atoms with Crippen LogP contribution < -0.4 is 0 Å². The Morgan fingerprint density at radius 2 is 1.69 bits per heavy atom. The van der Waals surface area contributed by atoms with E-state index in [4.69, 9.17) is 9.90 Å². The van der Waals surface area contributed by atoms with E-state index in [-0.39, 0.29) is 46.1 Å². The van der Waals surface area contributed by atoms with E-state index in [2.05, 4.69) is 12.6 Å². The average molecular weight is 230 g/mol. The van der Waals surface area contributed by atoms with E-state index in [0.717, 1.165) is 11.8 Å². The van der Waals surface area contributed by atoms with Gasteiger partial charge in [-0.1, -0.05) is 18.2 Å². The van der Waals surface area contributed by atoms with Crippen molar-refractivity contribution in [1.29, 1.82) is 0 Å². The first-order chi connectivity index (χ1) is 5.13. The molecule has 5 heteroatoms. The number of benzene rings is 1. The summed E-state index contributed by atoms with van der Waals surface area (Å²) < 4.78 is 0. The van der Waals surface area contributed by atoms with Gasteiger partial charge in [-0.2, -0.15) is 0 Å². The number of carboxylic acids is 1. The molecule has 0 radical (unpaired) electrons. The average Bonchev–Trinajstić information content (AvgIpc) is 1.87. The fraction of sp³-hybridized carbons (Fsp3) is 0.125. The first kappa shape index (κ1) is 18.9. The molecular formula is C8H14CaO3S. The first-order valence-corrected chi connectivity index (χ1v) is 3.51. The van der Waals surface area contributed by atoms with Crippen LogP contribution in [-0.4, -0.2) is 54.3 Å². The zero-order valence-electron chi connectivity index (χ0n) is 9.40. The van der Waals surface area contributed by atoms with Gasteiger partial charge < -0.3 is 13.4 Å². The first-order valence-electron chi connectivity index (χ1n) is 3.06. The molecule has 0 saturated carbocycles. The molecule has 0 spiro atoms. The minimum Gasteiger partial charge on any atom is -1.00 e. The molecule has 0 bridgehead atoms. The molecule has 3 N–H and O–H groups in total. The van der Waals surface area contributed by atoms with E-state index in [1.807, 2.05) is 30.3 Å². The van der Waals surface area contributed by atoms with Crippen molar-refractivity contribution in [2.24, 2.45) is 0 Å². The summed E-state index contributed by atoms with van der Waals surface area (Å²) in [6.07, 6.45) is 0. The van der Waals surface area contributed by atoms with Crippen molar-refractivity contribution < 1.29 is 18.2 Å². The van der Waals surface area contributed by atoms with Crippen molar-refractivity contribution in [3.05, 3.63) is 30.3 Å². The molecule has 0 unspecified atom stereocenters. The van der Waals surface area contributed by atoms with E-state index < -0.39 is 5.97 Å². The van der Waals surface area contributed by atoms with Crippen LogP contribution in [0.15, 0.2) is 35.2 Å². The van der Waals surface area contributed by atoms with Gasteiger partial charge in [-0.25, -0.2) is 0 Å². The molecule has 1 rings (SSSR count). The zero-order valence-corrected chi connectivity index (χ0v) is 10.5. The number of hydrogen-bond acceptors (Lipinski definition) is 2. The Hall–Kier alpha value is 0.260. The number of thiol groups is 1. The number of carboxylic acid groups (broad SMARTS) is 1. The van der Waals surface area contributed by atoms with Crippen molar-refractivity contribution in [2.75, 3.05) is 0 Å². The van der Waals surface area contributed by atoms with Gasteiger partial charge in [0.2, 0.25) is 0 Å². The van der Waals surface area contributed by atoms with Gasteiger partial charge >= 0.3 is 37.7 Å². The molecule has 0 aliphatic rings. The monoisotopic (exact) mass is 230 g/mol. The van der Waals surface area contributed by atoms with Crippen LogP contribution in [0, 0.1) is 0 Å². The molecule has 0 aromatic heterocycles. The maximum absolute atomic E-state index is 9.00. The Labute approximate surface area is 116 Å². The third-order valence-corrected chi connectivity index (χ3v) is 1.05. The Kier molecular flexibility index (Phi) is 17.9. The van der Waals surface area contributed by atoms with Crippen LogP contribution in [0.5, 0.6) is 0 Å². The minimum atomic E-state index is -0.833. The van der Waals surface area contributed by atoms with Gasteiger partial charge in [0.1, 0.15) is 0 Å². The quantitative estimate of drug-likeness (QED) is 0.517. The zero-order chi connectivity index (χ0) is 8.69. The molecule has 0 aliphatic carbocycles. The van der Waals surface area contributed by atoms with Gasteiger partial charge in [0.05, 0.1) is 0 Å². The summed E-state index contributed by atoms with van der Waals surface area (Å²) in [7, 11) is 0. The molecule has 0 atom stereocenters. The van der Waals surface area contributed by atoms with Crippen molar-refractivity contribution in [3.63, 3.8) is 0 Å². The molecular weight excluding hydrogens is 216 g/mol. The van der Waals surface area contributed by atoms with Crippen molar-refractivity contribution in [2.45, 2.75) is 11.8 Å². The van der Waals surface area contributed by atoms with E-state index in [1.54, 1.807) is 0 Å². The molecule has 0 aliphatic heterocycles. The van der Waals surface area contributed by atoms with Crippen molar-refractivity contribution in [1.82, 2.24) is 0 Å². The topological polar surface area (TPSA) is 68.8 Å². The van der Waals surface area contributed by atoms with Gasteiger partial charge in [-0.15, -0.1) is 12.6 Å². The standard InChI is InChI=1S/C6H6S.C2H4O2.Ca.H2O.2H/c7-6-4-2-1-3-5-6;1-2(3)4;;;;/h1-5,7H;1H3,(H,3,4);;1H2;;/q;;+2;;2*-1. The van der Waals surface area contributed by atoms with E-state index in [1.165, 1.54) is 0 Å². The second-order valence-electron chi connectivity index (χ2n) is 1.85. The smallest absolute Gasteiger partial charge is 1.00 e. The number of rotatable bonds is 0. The fourth-order valence-electron chi connectivity index (χ4n) is 0.428. The predicted molar refractivity (Wildman–Crippen MR) is 58.6 cm³/mol. The van der Waals surface area contributed by atoms with Crippen molar-refractivity contribution >= 4 is 56.3 Å². The third kappa shape index (κ3) is 18.9. The Morgan fingerprint density at radius 3 is 1.85 bits per heavy atom. The van der Waals surface area contributed by atoms with Crippen LogP contribution in [0.1, 0.15) is 9.78 Å². The Bertz CT molecular complexity index is 220. The maximum atomic E-state index is 9.00. The van der Waals surface area contributed by atoms with Crippen LogP contribution >= 0.6 is 12.6 Å². The summed E-state index contributed by atoms with van der Waals surface area (Å²) in [5.74, 6) is -0.833. The second kappa shape index (κ2) is 12.3. The molecule has 0 heterocycles. The summed E-state index contributed by atoms with van der Waals surface area (Å²) in [6, 6.07) is 9.79. The maximum Gasteiger partial charge on any atom is 2.00 e. The molecule has 1 aromatic carbocycles. The molecule has 0 amide bonds. The Morgan fingerprint density at radius 1 is 1.38 bits per heavy atom. The van der Waals surface area contributed by atoms with Crippen LogP contribution in [0.25, 0.3) is 0 Å². The summed E-state index contributed by atoms with van der Waals surface area (Å²) in [4.78, 5) is 10.0. The predicted octanol–water partition coefficient (Wildman–Crippen LogP) is 1.09. The van der Waals surface area contributed by atoms with Crippen LogP contribution in [-0.2, 0) is 4.79 Å². The summed E-state index contributed by atoms with van der Waals surface area (Å²) >= 11 is 4.08. The summed E-state index contributed by atoms with van der Waals surface area (Å²) in [5.41, 5.74) is 0. The van der Waals surface area contributed by atoms with Gasteiger partial charge in [-0.3, -0.25) is 4.79 Å².